The summed E-state index contributed by atoms with van der Waals surface area (Å²) in [7, 11) is -16.5. The fraction of sp³-hybridized carbons (Fsp3) is 0.654. The normalized spacial score (nSPS) is 22.0. The number of hydrogen-bond acceptors (Lipinski definition) is 21. The molecule has 2 aromatic heterocycles. The van der Waals surface area contributed by atoms with Crippen LogP contribution >= 0.6 is 35.2 Å². The summed E-state index contributed by atoms with van der Waals surface area (Å²) in [5.74, 6) is -1.63. The third-order valence-electron chi connectivity index (χ3n) is 7.89. The van der Waals surface area contributed by atoms with E-state index in [0.29, 0.717) is 0 Å². The van der Waals surface area contributed by atoms with Crippen molar-refractivity contribution in [1.29, 1.82) is 0 Å². The second kappa shape index (κ2) is 21.5. The highest BCUT2D eigenvalue weighted by Gasteiger charge is 2.50. The number of aliphatic hydroxyl groups excluding tert-OH is 2. The summed E-state index contributed by atoms with van der Waals surface area (Å²) in [4.78, 5) is 91.4. The lowest BCUT2D eigenvalue weighted by Gasteiger charge is -2.30. The smallest absolute Gasteiger partial charge is 0.386 e. The van der Waals surface area contributed by atoms with Crippen molar-refractivity contribution in [3.05, 3.63) is 12.7 Å². The number of fused-ring (bicyclic) bond motifs is 1. The first-order valence-electron chi connectivity index (χ1n) is 16.9. The zero-order chi connectivity index (χ0) is 44.3. The van der Waals surface area contributed by atoms with Crippen LogP contribution in [0, 0.1) is 5.41 Å². The lowest BCUT2D eigenvalue weighted by Crippen LogP contribution is -2.46. The molecule has 0 radical (unpaired) electrons. The fourth-order valence-electron chi connectivity index (χ4n) is 4.87. The van der Waals surface area contributed by atoms with Gasteiger partial charge in [-0.3, -0.25) is 42.7 Å². The number of anilines is 1. The molecular weight excluding hydrogens is 879 g/mol. The Morgan fingerprint density at radius 3 is 2.42 bits per heavy atom. The molecular formula is C26H46N11O18P3S. The van der Waals surface area contributed by atoms with Gasteiger partial charge in [-0.15, -0.1) is 0 Å². The monoisotopic (exact) mass is 925 g/mol. The van der Waals surface area contributed by atoms with E-state index in [1.54, 1.807) is 5.48 Å². The van der Waals surface area contributed by atoms with E-state index in [1.807, 2.05) is 0 Å². The van der Waals surface area contributed by atoms with E-state index in [-0.39, 0.29) is 66.3 Å². The highest BCUT2D eigenvalue weighted by molar-refractivity contribution is 8.13. The zero-order valence-electron chi connectivity index (χ0n) is 31.1. The number of aliphatic hydroxyl groups is 2. The number of nitrogens with zero attached hydrogens (tertiary/aromatic N) is 5. The zero-order valence-corrected chi connectivity index (χ0v) is 34.6. The molecule has 334 valence electrons. The average Bonchev–Trinajstić information content (AvgIpc) is 3.71. The summed E-state index contributed by atoms with van der Waals surface area (Å²) in [6, 6.07) is -0.858. The molecule has 2 aromatic rings. The van der Waals surface area contributed by atoms with Crippen molar-refractivity contribution in [3.63, 3.8) is 0 Å². The minimum absolute atomic E-state index is 0.0193. The molecule has 29 nitrogen and oxygen atoms in total. The van der Waals surface area contributed by atoms with Gasteiger partial charge in [0, 0.05) is 37.2 Å². The maximum atomic E-state index is 12.7. The summed E-state index contributed by atoms with van der Waals surface area (Å²) < 4.78 is 62.1. The first kappa shape index (κ1) is 50.1. The Hall–Kier alpha value is -3.25. The van der Waals surface area contributed by atoms with Crippen molar-refractivity contribution in [1.82, 2.24) is 35.6 Å². The van der Waals surface area contributed by atoms with Gasteiger partial charge in [0.25, 0.3) is 0 Å². The van der Waals surface area contributed by atoms with Crippen LogP contribution in [-0.4, -0.2) is 146 Å². The number of aromatic nitrogens is 4. The van der Waals surface area contributed by atoms with Crippen molar-refractivity contribution in [2.24, 2.45) is 21.9 Å². The number of amides is 2. The van der Waals surface area contributed by atoms with Crippen LogP contribution in [0.3, 0.4) is 0 Å². The molecule has 33 heteroatoms. The van der Waals surface area contributed by atoms with Gasteiger partial charge >= 0.3 is 23.5 Å². The van der Waals surface area contributed by atoms with Crippen molar-refractivity contribution in [2.75, 3.05) is 44.3 Å². The Bertz CT molecular complexity index is 1960. The number of carbonyl (C=O) groups excluding carboxylic acids is 3. The average molecular weight is 926 g/mol. The minimum atomic E-state index is -5.59. The second-order valence-corrected chi connectivity index (χ2v) is 18.3. The number of hydrogen-bond donors (Lipinski definition) is 13. The standard InChI is InChI=1S/C26H46N11O18P3S/c1-26(2,19(40)22(41)31-6-4-15(38)30-7-8-59-24(42)13(27)3-5-32-25(29)36-43)10-52-58(49,50)55-57(47,48)51-9-14-18(54-56(44,45)46)17(39)23(53-14)37-12-35-16-20(28)33-11-34-21(16)37/h11-14,17-19,23,39-40,43H,3-10,27H2,1-2H3,(H,30,38)(H,31,41)(H,47,48)(H,49,50)(H2,28,33,34)(H3,29,32,36)(H2,44,45,46). The molecule has 0 aliphatic carbocycles. The van der Waals surface area contributed by atoms with E-state index < -0.39 is 90.6 Å². The third-order valence-corrected chi connectivity index (χ3v) is 12.0. The van der Waals surface area contributed by atoms with Crippen LogP contribution < -0.4 is 33.3 Å². The first-order valence-corrected chi connectivity index (χ1v) is 22.4. The lowest BCUT2D eigenvalue weighted by atomic mass is 9.87. The molecule has 3 heterocycles. The molecule has 8 unspecified atom stereocenters. The van der Waals surface area contributed by atoms with E-state index in [0.717, 1.165) is 29.0 Å². The summed E-state index contributed by atoms with van der Waals surface area (Å²) in [5, 5.41) is 34.5. The van der Waals surface area contributed by atoms with Gasteiger partial charge in [-0.05, 0) is 6.42 Å². The summed E-state index contributed by atoms with van der Waals surface area (Å²) >= 11 is 0.873. The molecule has 0 aromatic carbocycles. The summed E-state index contributed by atoms with van der Waals surface area (Å²) in [5.41, 5.74) is 16.9. The molecule has 2 amide bonds. The maximum absolute atomic E-state index is 12.7. The number of guanidine groups is 1. The van der Waals surface area contributed by atoms with Crippen LogP contribution in [0.25, 0.3) is 11.2 Å². The van der Waals surface area contributed by atoms with Gasteiger partial charge < -0.3 is 62.4 Å². The van der Waals surface area contributed by atoms with Gasteiger partial charge in [0.15, 0.2) is 17.7 Å². The van der Waals surface area contributed by atoms with Gasteiger partial charge in [-0.1, -0.05) is 25.6 Å². The van der Waals surface area contributed by atoms with Crippen LogP contribution in [0.1, 0.15) is 32.9 Å². The third kappa shape index (κ3) is 15.6. The predicted molar refractivity (Wildman–Crippen MR) is 201 cm³/mol. The highest BCUT2D eigenvalue weighted by atomic mass is 32.2. The van der Waals surface area contributed by atoms with E-state index in [2.05, 4.69) is 39.4 Å². The quantitative estimate of drug-likeness (QED) is 0.0170. The van der Waals surface area contributed by atoms with Crippen molar-refractivity contribution < 1.29 is 85.7 Å². The number of nitrogens with two attached hydrogens (primary N) is 3. The number of phosphoric acid groups is 3. The van der Waals surface area contributed by atoms with Crippen LogP contribution in [0.15, 0.2) is 17.6 Å². The molecule has 8 atom stereocenters. The Morgan fingerprint density at radius 2 is 1.76 bits per heavy atom. The van der Waals surface area contributed by atoms with Crippen LogP contribution in [0.2, 0.25) is 0 Å². The molecule has 0 bridgehead atoms. The summed E-state index contributed by atoms with van der Waals surface area (Å²) in [6.07, 6.45) is -6.93. The number of hydroxylamine groups is 1. The van der Waals surface area contributed by atoms with Gasteiger partial charge in [0.2, 0.25) is 22.9 Å². The molecule has 1 aliphatic heterocycles. The number of rotatable bonds is 23. The van der Waals surface area contributed by atoms with E-state index >= 15 is 0 Å². The molecule has 1 fully saturated rings. The van der Waals surface area contributed by atoms with Crippen molar-refractivity contribution >= 4 is 75.1 Å². The number of nitrogens with one attached hydrogen (secondary N) is 3. The Labute approximate surface area is 338 Å². The van der Waals surface area contributed by atoms with E-state index in [9.17, 15) is 57.9 Å². The van der Waals surface area contributed by atoms with Gasteiger partial charge in [0.1, 0.15) is 36.3 Å². The predicted octanol–water partition coefficient (Wildman–Crippen LogP) is -3.32. The van der Waals surface area contributed by atoms with Gasteiger partial charge in [0.05, 0.1) is 25.6 Å². The SMILES string of the molecule is CC(C)(COP(=O)(O)OP(=O)(O)OCC1OC(n2cnc3c(N)ncnc32)C(O)C1OP(=O)(O)O)C(O)C(=O)NCCC(=O)NCCSC(=O)C(N)CCN=C(N)NO. The van der Waals surface area contributed by atoms with Crippen molar-refractivity contribution in [2.45, 2.75) is 63.4 Å². The molecule has 3 rings (SSSR count). The largest absolute Gasteiger partial charge is 0.481 e. The van der Waals surface area contributed by atoms with Crippen molar-refractivity contribution in [3.8, 4) is 0 Å². The highest BCUT2D eigenvalue weighted by Crippen LogP contribution is 2.61. The fourth-order valence-corrected chi connectivity index (χ4v) is 8.43. The second-order valence-electron chi connectivity index (χ2n) is 13.0. The lowest BCUT2D eigenvalue weighted by molar-refractivity contribution is -0.137. The number of thioether (sulfide) groups is 1. The Morgan fingerprint density at radius 1 is 1.08 bits per heavy atom. The molecule has 0 spiro atoms. The van der Waals surface area contributed by atoms with Crippen LogP contribution in [0.4, 0.5) is 5.82 Å². The van der Waals surface area contributed by atoms with Crippen LogP contribution in [-0.2, 0) is 50.7 Å². The number of nitrogen functional groups attached to an aromatic ring is 1. The Kier molecular flexibility index (Phi) is 18.3. The first-order chi connectivity index (χ1) is 27.4. The Balaban J connectivity index is 1.45. The molecule has 0 saturated carbocycles. The number of ether oxygens (including phenoxy) is 1. The minimum Gasteiger partial charge on any atom is -0.386 e. The number of phosphoric ester groups is 3. The van der Waals surface area contributed by atoms with Gasteiger partial charge in [-0.25, -0.2) is 34.1 Å². The number of carbonyl (C=O) groups is 3. The van der Waals surface area contributed by atoms with Gasteiger partial charge in [-0.2, -0.15) is 4.31 Å². The molecule has 1 aliphatic rings. The number of aliphatic imine (C=N–C) groups is 1. The number of imidazole rings is 1. The molecule has 1 saturated heterocycles. The maximum Gasteiger partial charge on any atom is 0.481 e. The van der Waals surface area contributed by atoms with Crippen LogP contribution in [0.5, 0.6) is 0 Å². The molecule has 16 N–H and O–H groups in total. The summed E-state index contributed by atoms with van der Waals surface area (Å²) in [6.45, 7) is 0.307. The topological polar surface area (TPSA) is 460 Å². The van der Waals surface area contributed by atoms with E-state index in [1.165, 1.54) is 13.8 Å². The van der Waals surface area contributed by atoms with E-state index in [4.69, 9.17) is 36.2 Å². The molecule has 59 heavy (non-hydrogen) atoms.